The summed E-state index contributed by atoms with van der Waals surface area (Å²) in [6, 6.07) is 16.9. The molecule has 2 fully saturated rings. The van der Waals surface area contributed by atoms with Crippen LogP contribution in [0.3, 0.4) is 0 Å². The van der Waals surface area contributed by atoms with E-state index < -0.39 is 0 Å². The van der Waals surface area contributed by atoms with Crippen molar-refractivity contribution in [1.29, 1.82) is 0 Å². The molecule has 0 aliphatic heterocycles. The molecule has 0 spiro atoms. The molecule has 6 atom stereocenters. The van der Waals surface area contributed by atoms with E-state index in [9.17, 15) is 10.2 Å². The lowest BCUT2D eigenvalue weighted by Gasteiger charge is -2.53. The first-order chi connectivity index (χ1) is 13.1. The van der Waals surface area contributed by atoms with E-state index in [0.717, 1.165) is 38.5 Å². The number of aliphatic hydroxyl groups excluding tert-OH is 1. The number of phenols is 1. The Balaban J connectivity index is 1.56. The van der Waals surface area contributed by atoms with Crippen LogP contribution in [0, 0.1) is 23.2 Å². The van der Waals surface area contributed by atoms with Crippen molar-refractivity contribution in [2.24, 2.45) is 23.2 Å². The molecule has 0 saturated heterocycles. The molecular weight excluding hydrogens is 332 g/mol. The van der Waals surface area contributed by atoms with Gasteiger partial charge in [0.1, 0.15) is 5.75 Å². The van der Waals surface area contributed by atoms with Crippen LogP contribution in [-0.2, 0) is 12.8 Å². The van der Waals surface area contributed by atoms with E-state index in [1.807, 2.05) is 12.1 Å². The Morgan fingerprint density at radius 1 is 1.04 bits per heavy atom. The molecule has 3 aliphatic rings. The van der Waals surface area contributed by atoms with Crippen LogP contribution in [0.2, 0.25) is 0 Å². The summed E-state index contributed by atoms with van der Waals surface area (Å²) in [5.41, 5.74) is 4.31. The average Bonchev–Trinajstić information content (AvgIpc) is 2.97. The number of hydrogen-bond acceptors (Lipinski definition) is 2. The van der Waals surface area contributed by atoms with E-state index in [2.05, 4.69) is 43.3 Å². The van der Waals surface area contributed by atoms with Crippen LogP contribution in [-0.4, -0.2) is 16.3 Å². The van der Waals surface area contributed by atoms with Crippen molar-refractivity contribution < 1.29 is 10.2 Å². The Kier molecular flexibility index (Phi) is 4.09. The van der Waals surface area contributed by atoms with Gasteiger partial charge in [-0.15, -0.1) is 0 Å². The second-order valence-corrected chi connectivity index (χ2v) is 9.47. The highest BCUT2D eigenvalue weighted by Crippen LogP contribution is 2.62. The van der Waals surface area contributed by atoms with Crippen LogP contribution in [0.1, 0.15) is 55.2 Å². The van der Waals surface area contributed by atoms with Gasteiger partial charge in [0.2, 0.25) is 0 Å². The Bertz CT molecular complexity index is 829. The number of fused-ring (bicyclic) bond motifs is 5. The van der Waals surface area contributed by atoms with Gasteiger partial charge in [-0.3, -0.25) is 0 Å². The predicted molar refractivity (Wildman–Crippen MR) is 108 cm³/mol. The van der Waals surface area contributed by atoms with E-state index in [1.54, 1.807) is 0 Å². The second kappa shape index (κ2) is 6.38. The minimum absolute atomic E-state index is 0.0878. The Hall–Kier alpha value is -1.80. The summed E-state index contributed by atoms with van der Waals surface area (Å²) in [4.78, 5) is 0. The normalized spacial score (nSPS) is 37.3. The van der Waals surface area contributed by atoms with Gasteiger partial charge < -0.3 is 10.2 Å². The van der Waals surface area contributed by atoms with Crippen molar-refractivity contribution in [3.63, 3.8) is 0 Å². The van der Waals surface area contributed by atoms with E-state index >= 15 is 0 Å². The lowest BCUT2D eigenvalue weighted by Crippen LogP contribution is -2.47. The van der Waals surface area contributed by atoms with E-state index in [0.29, 0.717) is 29.4 Å². The highest BCUT2D eigenvalue weighted by Gasteiger charge is 2.56. The van der Waals surface area contributed by atoms with Gasteiger partial charge in [-0.2, -0.15) is 0 Å². The molecule has 2 aromatic rings. The highest BCUT2D eigenvalue weighted by atomic mass is 16.3. The fourth-order valence-corrected chi connectivity index (χ4v) is 6.86. The van der Waals surface area contributed by atoms with E-state index in [4.69, 9.17) is 0 Å². The lowest BCUT2D eigenvalue weighted by molar-refractivity contribution is -0.0381. The SMILES string of the molecule is C[C@]12CC[C@@H]3c4ccc(O)cc4C[C@@H](Cc4ccccc4)[C@H]3[C@@H]1CC[C@@H]2O. The van der Waals surface area contributed by atoms with Crippen LogP contribution < -0.4 is 0 Å². The zero-order valence-corrected chi connectivity index (χ0v) is 16.1. The summed E-state index contributed by atoms with van der Waals surface area (Å²) in [6.07, 6.45) is 6.42. The van der Waals surface area contributed by atoms with Crippen LogP contribution >= 0.6 is 0 Å². The largest absolute Gasteiger partial charge is 0.508 e. The van der Waals surface area contributed by atoms with Crippen molar-refractivity contribution in [1.82, 2.24) is 0 Å². The molecule has 0 aromatic heterocycles. The van der Waals surface area contributed by atoms with Crippen LogP contribution in [0.25, 0.3) is 0 Å². The quantitative estimate of drug-likeness (QED) is 0.782. The molecule has 0 amide bonds. The molecule has 2 saturated carbocycles. The van der Waals surface area contributed by atoms with Gasteiger partial charge in [0, 0.05) is 0 Å². The molecule has 2 aromatic carbocycles. The van der Waals surface area contributed by atoms with Gasteiger partial charge in [-0.05, 0) is 96.4 Å². The third-order valence-corrected chi connectivity index (χ3v) is 8.18. The molecule has 0 bridgehead atoms. The van der Waals surface area contributed by atoms with Crippen molar-refractivity contribution in [3.05, 3.63) is 65.2 Å². The average molecular weight is 363 g/mol. The Morgan fingerprint density at radius 2 is 1.85 bits per heavy atom. The van der Waals surface area contributed by atoms with Gasteiger partial charge >= 0.3 is 0 Å². The monoisotopic (exact) mass is 362 g/mol. The topological polar surface area (TPSA) is 40.5 Å². The minimum Gasteiger partial charge on any atom is -0.508 e. The maximum Gasteiger partial charge on any atom is 0.115 e. The van der Waals surface area contributed by atoms with Gasteiger partial charge in [-0.1, -0.05) is 43.3 Å². The molecule has 5 rings (SSSR count). The molecule has 142 valence electrons. The third kappa shape index (κ3) is 2.72. The zero-order chi connectivity index (χ0) is 18.6. The molecule has 0 unspecified atom stereocenters. The molecule has 2 heteroatoms. The molecule has 2 N–H and O–H groups in total. The highest BCUT2D eigenvalue weighted by molar-refractivity contribution is 5.41. The molecule has 3 aliphatic carbocycles. The van der Waals surface area contributed by atoms with Gasteiger partial charge in [0.15, 0.2) is 0 Å². The number of aromatic hydroxyl groups is 1. The fraction of sp³-hybridized carbons (Fsp3) is 0.520. The van der Waals surface area contributed by atoms with Crippen molar-refractivity contribution in [3.8, 4) is 5.75 Å². The third-order valence-electron chi connectivity index (χ3n) is 8.18. The first kappa shape index (κ1) is 17.3. The van der Waals surface area contributed by atoms with Crippen molar-refractivity contribution in [2.75, 3.05) is 0 Å². The molecule has 0 radical (unpaired) electrons. The number of benzene rings is 2. The Labute approximate surface area is 162 Å². The lowest BCUT2D eigenvalue weighted by atomic mass is 9.52. The summed E-state index contributed by atoms with van der Waals surface area (Å²) in [7, 11) is 0. The van der Waals surface area contributed by atoms with E-state index in [-0.39, 0.29) is 11.5 Å². The van der Waals surface area contributed by atoms with Gasteiger partial charge in [-0.25, -0.2) is 0 Å². The molecule has 0 heterocycles. The second-order valence-electron chi connectivity index (χ2n) is 9.47. The number of aliphatic hydroxyl groups is 1. The van der Waals surface area contributed by atoms with Gasteiger partial charge in [0.25, 0.3) is 0 Å². The summed E-state index contributed by atoms with van der Waals surface area (Å²) < 4.78 is 0. The van der Waals surface area contributed by atoms with Crippen LogP contribution in [0.5, 0.6) is 5.75 Å². The Morgan fingerprint density at radius 3 is 2.67 bits per heavy atom. The molecule has 2 nitrogen and oxygen atoms in total. The van der Waals surface area contributed by atoms with Gasteiger partial charge in [0.05, 0.1) is 6.10 Å². The summed E-state index contributed by atoms with van der Waals surface area (Å²) >= 11 is 0. The van der Waals surface area contributed by atoms with E-state index in [1.165, 1.54) is 16.7 Å². The zero-order valence-electron chi connectivity index (χ0n) is 16.1. The standard InChI is InChI=1S/C25H30O2/c1-25-12-11-21-20-8-7-19(26)15-17(20)14-18(13-16-5-3-2-4-6-16)24(21)22(25)9-10-23(25)27/h2-8,15,18,21-24,26-27H,9-14H2,1H3/t18-,21-,22+,23+,24-,25+/m1/s1. The summed E-state index contributed by atoms with van der Waals surface area (Å²) in [5.74, 6) is 2.80. The summed E-state index contributed by atoms with van der Waals surface area (Å²) in [6.45, 7) is 2.34. The fourth-order valence-electron chi connectivity index (χ4n) is 6.86. The summed E-state index contributed by atoms with van der Waals surface area (Å²) in [5, 5.41) is 20.8. The number of hydrogen-bond donors (Lipinski definition) is 2. The molecular formula is C25H30O2. The first-order valence-electron chi connectivity index (χ1n) is 10.6. The first-order valence-corrected chi connectivity index (χ1v) is 10.6. The number of rotatable bonds is 2. The smallest absolute Gasteiger partial charge is 0.115 e. The van der Waals surface area contributed by atoms with Crippen LogP contribution in [0.15, 0.2) is 48.5 Å². The number of phenolic OH excluding ortho intramolecular Hbond substituents is 1. The molecule has 27 heavy (non-hydrogen) atoms. The van der Waals surface area contributed by atoms with Crippen LogP contribution in [0.4, 0.5) is 0 Å². The van der Waals surface area contributed by atoms with Crippen molar-refractivity contribution >= 4 is 0 Å². The van der Waals surface area contributed by atoms with Crippen molar-refractivity contribution in [2.45, 2.75) is 57.5 Å². The minimum atomic E-state index is -0.137. The maximum atomic E-state index is 10.7. The maximum absolute atomic E-state index is 10.7. The predicted octanol–water partition coefficient (Wildman–Crippen LogP) is 5.08.